The van der Waals surface area contributed by atoms with Gasteiger partial charge in [-0.3, -0.25) is 4.79 Å². The van der Waals surface area contributed by atoms with Crippen molar-refractivity contribution < 1.29 is 14.3 Å². The molecule has 0 aliphatic carbocycles. The molecule has 2 aromatic rings. The summed E-state index contributed by atoms with van der Waals surface area (Å²) < 4.78 is 5.71. The van der Waals surface area contributed by atoms with Crippen molar-refractivity contribution >= 4 is 79.9 Å². The Morgan fingerprint density at radius 2 is 1.67 bits per heavy atom. The van der Waals surface area contributed by atoms with E-state index in [9.17, 15) is 9.59 Å². The molecule has 1 aromatic carbocycles. The van der Waals surface area contributed by atoms with E-state index in [1.807, 2.05) is 0 Å². The molecule has 10 heteroatoms. The molecular weight excluding hydrogens is 466 g/mol. The molecule has 1 amide bonds. The summed E-state index contributed by atoms with van der Waals surface area (Å²) in [7, 11) is 0. The molecule has 0 bridgehead atoms. The summed E-state index contributed by atoms with van der Waals surface area (Å²) >= 11 is 26.5. The first-order valence-corrected chi connectivity index (χ1v) is 8.52. The van der Waals surface area contributed by atoms with Crippen molar-refractivity contribution in [1.82, 2.24) is 4.98 Å². The van der Waals surface area contributed by atoms with Gasteiger partial charge in [0.15, 0.2) is 12.3 Å². The Labute approximate surface area is 165 Å². The summed E-state index contributed by atoms with van der Waals surface area (Å²) in [4.78, 5) is 27.5. The number of nitrogens with zero attached hydrogens (tertiary/aromatic N) is 1. The molecule has 126 valence electrons. The predicted octanol–water partition coefficient (Wildman–Crippen LogP) is 5.25. The van der Waals surface area contributed by atoms with Crippen LogP contribution in [0, 0.1) is 0 Å². The van der Waals surface area contributed by atoms with Gasteiger partial charge < -0.3 is 10.1 Å². The lowest BCUT2D eigenvalue weighted by molar-refractivity contribution is -0.119. The Morgan fingerprint density at radius 3 is 2.29 bits per heavy atom. The molecule has 0 unspecified atom stereocenters. The van der Waals surface area contributed by atoms with Crippen LogP contribution in [0.3, 0.4) is 0 Å². The predicted molar refractivity (Wildman–Crippen MR) is 97.3 cm³/mol. The highest BCUT2D eigenvalue weighted by atomic mass is 79.9. The Morgan fingerprint density at radius 1 is 1.04 bits per heavy atom. The molecular formula is C14H7BrCl4N2O3. The SMILES string of the molecule is O=C(COC(=O)c1nc(Cl)c(Cl)c(Cl)c1Cl)Nc1ccc(Br)cc1. The molecule has 0 spiro atoms. The van der Waals surface area contributed by atoms with E-state index in [2.05, 4.69) is 26.2 Å². The van der Waals surface area contributed by atoms with Gasteiger partial charge in [-0.05, 0) is 24.3 Å². The molecule has 0 fully saturated rings. The van der Waals surface area contributed by atoms with Crippen LogP contribution in [0.4, 0.5) is 5.69 Å². The molecule has 1 aromatic heterocycles. The lowest BCUT2D eigenvalue weighted by Crippen LogP contribution is -2.21. The number of rotatable bonds is 4. The number of pyridine rings is 1. The number of halogens is 5. The summed E-state index contributed by atoms with van der Waals surface area (Å²) in [6, 6.07) is 6.87. The van der Waals surface area contributed by atoms with Gasteiger partial charge in [0.2, 0.25) is 0 Å². The molecule has 1 heterocycles. The maximum absolute atomic E-state index is 12.0. The molecule has 1 N–H and O–H groups in total. The van der Waals surface area contributed by atoms with Crippen molar-refractivity contribution in [2.24, 2.45) is 0 Å². The number of hydrogen-bond acceptors (Lipinski definition) is 4. The molecule has 2 rings (SSSR count). The Bertz CT molecular complexity index is 800. The van der Waals surface area contributed by atoms with Gasteiger partial charge >= 0.3 is 5.97 Å². The zero-order valence-electron chi connectivity index (χ0n) is 11.6. The van der Waals surface area contributed by atoms with Gasteiger partial charge in [0.1, 0.15) is 5.15 Å². The van der Waals surface area contributed by atoms with Crippen molar-refractivity contribution in [2.45, 2.75) is 0 Å². The highest BCUT2D eigenvalue weighted by molar-refractivity contribution is 9.10. The van der Waals surface area contributed by atoms with Gasteiger partial charge in [0.25, 0.3) is 5.91 Å². The van der Waals surface area contributed by atoms with E-state index in [1.54, 1.807) is 24.3 Å². The monoisotopic (exact) mass is 470 g/mol. The second-order valence-corrected chi connectivity index (χ2v) is 6.73. The number of carbonyl (C=O) groups is 2. The smallest absolute Gasteiger partial charge is 0.359 e. The molecule has 0 atom stereocenters. The lowest BCUT2D eigenvalue weighted by atomic mass is 10.3. The van der Waals surface area contributed by atoms with Crippen molar-refractivity contribution in [3.63, 3.8) is 0 Å². The fourth-order valence-corrected chi connectivity index (χ4v) is 2.62. The van der Waals surface area contributed by atoms with E-state index >= 15 is 0 Å². The van der Waals surface area contributed by atoms with Crippen LogP contribution in [0.5, 0.6) is 0 Å². The van der Waals surface area contributed by atoms with Crippen molar-refractivity contribution in [1.29, 1.82) is 0 Å². The second-order valence-electron chi connectivity index (χ2n) is 4.32. The third-order valence-electron chi connectivity index (χ3n) is 2.64. The molecule has 0 saturated heterocycles. The number of benzene rings is 1. The van der Waals surface area contributed by atoms with Crippen molar-refractivity contribution in [3.8, 4) is 0 Å². The van der Waals surface area contributed by atoms with Crippen LogP contribution in [-0.2, 0) is 9.53 Å². The van der Waals surface area contributed by atoms with Crippen LogP contribution in [-0.4, -0.2) is 23.5 Å². The zero-order chi connectivity index (χ0) is 17.9. The molecule has 5 nitrogen and oxygen atoms in total. The Kier molecular flexibility index (Phi) is 6.71. The largest absolute Gasteiger partial charge is 0.451 e. The van der Waals surface area contributed by atoms with Crippen LogP contribution < -0.4 is 5.32 Å². The average molecular weight is 473 g/mol. The van der Waals surface area contributed by atoms with Crippen molar-refractivity contribution in [3.05, 3.63) is 54.7 Å². The third-order valence-corrected chi connectivity index (χ3v) is 4.85. The van der Waals surface area contributed by atoms with E-state index in [-0.39, 0.29) is 25.9 Å². The molecule has 0 aliphatic heterocycles. The number of aromatic nitrogens is 1. The highest BCUT2D eigenvalue weighted by Gasteiger charge is 2.22. The lowest BCUT2D eigenvalue weighted by Gasteiger charge is -2.09. The standard InChI is InChI=1S/C14H7BrCl4N2O3/c15-6-1-3-7(4-2-6)20-8(22)5-24-14(23)12-10(17)9(16)11(18)13(19)21-12/h1-4H,5H2,(H,20,22). The minimum atomic E-state index is -0.952. The van der Waals surface area contributed by atoms with E-state index in [0.717, 1.165) is 4.47 Å². The summed E-state index contributed by atoms with van der Waals surface area (Å²) in [5, 5.41) is 1.96. The van der Waals surface area contributed by atoms with Crippen LogP contribution in [0.25, 0.3) is 0 Å². The number of amides is 1. The topological polar surface area (TPSA) is 68.3 Å². The molecule has 0 radical (unpaired) electrons. The second kappa shape index (κ2) is 8.36. The maximum atomic E-state index is 12.0. The van der Waals surface area contributed by atoms with Crippen LogP contribution in [0.2, 0.25) is 20.2 Å². The van der Waals surface area contributed by atoms with E-state index in [4.69, 9.17) is 51.1 Å². The van der Waals surface area contributed by atoms with Gasteiger partial charge in [-0.1, -0.05) is 62.3 Å². The van der Waals surface area contributed by atoms with Gasteiger partial charge in [0.05, 0.1) is 15.1 Å². The minimum absolute atomic E-state index is 0.0761. The molecule has 0 aliphatic rings. The number of carbonyl (C=O) groups excluding carboxylic acids is 2. The number of hydrogen-bond donors (Lipinski definition) is 1. The highest BCUT2D eigenvalue weighted by Crippen LogP contribution is 2.36. The molecule has 0 saturated carbocycles. The van der Waals surface area contributed by atoms with E-state index < -0.39 is 18.5 Å². The van der Waals surface area contributed by atoms with Crippen molar-refractivity contribution in [2.75, 3.05) is 11.9 Å². The first-order chi connectivity index (χ1) is 11.3. The first kappa shape index (κ1) is 19.3. The normalized spacial score (nSPS) is 10.4. The van der Waals surface area contributed by atoms with Crippen LogP contribution in [0.15, 0.2) is 28.7 Å². The number of anilines is 1. The van der Waals surface area contributed by atoms with Gasteiger partial charge in [-0.25, -0.2) is 9.78 Å². The van der Waals surface area contributed by atoms with E-state index in [0.29, 0.717) is 5.69 Å². The Balaban J connectivity index is 2.00. The van der Waals surface area contributed by atoms with E-state index in [1.165, 1.54) is 0 Å². The summed E-state index contributed by atoms with van der Waals surface area (Å²) in [5.41, 5.74) is 0.223. The third kappa shape index (κ3) is 4.74. The maximum Gasteiger partial charge on any atom is 0.359 e. The number of esters is 1. The summed E-state index contributed by atoms with van der Waals surface area (Å²) in [5.74, 6) is -1.49. The van der Waals surface area contributed by atoms with Gasteiger partial charge in [0, 0.05) is 10.2 Å². The van der Waals surface area contributed by atoms with Crippen LogP contribution in [0.1, 0.15) is 10.5 Å². The fourth-order valence-electron chi connectivity index (χ4n) is 1.55. The van der Waals surface area contributed by atoms with Gasteiger partial charge in [-0.15, -0.1) is 0 Å². The first-order valence-electron chi connectivity index (χ1n) is 6.22. The number of ether oxygens (including phenoxy) is 1. The number of nitrogens with one attached hydrogen (secondary N) is 1. The van der Waals surface area contributed by atoms with Gasteiger partial charge in [-0.2, -0.15) is 0 Å². The fraction of sp³-hybridized carbons (Fsp3) is 0.0714. The Hall–Kier alpha value is -1.05. The quantitative estimate of drug-likeness (QED) is 0.487. The average Bonchev–Trinajstić information content (AvgIpc) is 2.56. The van der Waals surface area contributed by atoms with Crippen LogP contribution >= 0.6 is 62.3 Å². The minimum Gasteiger partial charge on any atom is -0.451 e. The molecule has 24 heavy (non-hydrogen) atoms. The summed E-state index contributed by atoms with van der Waals surface area (Å²) in [6.45, 7) is -0.537. The summed E-state index contributed by atoms with van der Waals surface area (Å²) in [6.07, 6.45) is 0. The zero-order valence-corrected chi connectivity index (χ0v) is 16.2.